The molecule has 1 aliphatic rings. The fourth-order valence-electron chi connectivity index (χ4n) is 4.01. The van der Waals surface area contributed by atoms with Gasteiger partial charge in [-0.05, 0) is 56.8 Å². The molecule has 0 saturated heterocycles. The molecule has 0 amide bonds. The van der Waals surface area contributed by atoms with Crippen LogP contribution >= 0.6 is 11.6 Å². The lowest BCUT2D eigenvalue weighted by Crippen LogP contribution is -2.45. The minimum Gasteiger partial charge on any atom is -0.366 e. The van der Waals surface area contributed by atoms with Crippen LogP contribution in [0.5, 0.6) is 0 Å². The van der Waals surface area contributed by atoms with Gasteiger partial charge in [-0.2, -0.15) is 0 Å². The van der Waals surface area contributed by atoms with Crippen molar-refractivity contribution in [3.8, 4) is 11.1 Å². The highest BCUT2D eigenvalue weighted by molar-refractivity contribution is 6.29. The summed E-state index contributed by atoms with van der Waals surface area (Å²) in [4.78, 5) is 14.4. The Kier molecular flexibility index (Phi) is 4.83. The van der Waals surface area contributed by atoms with E-state index in [0.29, 0.717) is 17.2 Å². The van der Waals surface area contributed by atoms with Crippen LogP contribution < -0.4 is 5.32 Å². The molecule has 1 fully saturated rings. The highest BCUT2D eigenvalue weighted by Crippen LogP contribution is 2.32. The number of hydrogen-bond acceptors (Lipinski definition) is 4. The van der Waals surface area contributed by atoms with Crippen molar-refractivity contribution in [1.29, 1.82) is 0 Å². The summed E-state index contributed by atoms with van der Waals surface area (Å²) in [5.41, 5.74) is 3.02. The van der Waals surface area contributed by atoms with Crippen molar-refractivity contribution >= 4 is 28.5 Å². The average molecular weight is 370 g/mol. The first-order valence-electron chi connectivity index (χ1n) is 9.15. The Hall–Kier alpha value is -2.11. The summed E-state index contributed by atoms with van der Waals surface area (Å²) in [6.45, 7) is 0. The van der Waals surface area contributed by atoms with Gasteiger partial charge >= 0.3 is 0 Å². The van der Waals surface area contributed by atoms with Gasteiger partial charge in [-0.1, -0.05) is 24.4 Å². The van der Waals surface area contributed by atoms with Crippen molar-refractivity contribution < 1.29 is 0 Å². The molecule has 0 aliphatic heterocycles. The Morgan fingerprint density at radius 1 is 1.23 bits per heavy atom. The van der Waals surface area contributed by atoms with E-state index in [4.69, 9.17) is 11.6 Å². The molecular weight excluding hydrogens is 346 g/mol. The molecule has 2 N–H and O–H groups in total. The van der Waals surface area contributed by atoms with Gasteiger partial charge in [-0.15, -0.1) is 0 Å². The standard InChI is InChI=1S/C20H24ClN5/c1-26(2)17-8-4-3-7-16(17)24-19-11-13(10-18(21)25-19)15-12-23-20-14(15)6-5-9-22-20/h5-6,9-12,16-17H,3-4,7-8H2,1-2H3,(H,22,23)(H,24,25)/t16-,17+/m1/s1. The molecular formula is C20H24ClN5. The van der Waals surface area contributed by atoms with Gasteiger partial charge in [0.2, 0.25) is 0 Å². The second kappa shape index (κ2) is 7.25. The summed E-state index contributed by atoms with van der Waals surface area (Å²) in [5.74, 6) is 0.837. The van der Waals surface area contributed by atoms with E-state index in [1.54, 1.807) is 6.20 Å². The summed E-state index contributed by atoms with van der Waals surface area (Å²) >= 11 is 6.35. The number of anilines is 1. The van der Waals surface area contributed by atoms with E-state index >= 15 is 0 Å². The van der Waals surface area contributed by atoms with Crippen LogP contribution in [0.4, 0.5) is 5.82 Å². The maximum Gasteiger partial charge on any atom is 0.137 e. The molecule has 26 heavy (non-hydrogen) atoms. The van der Waals surface area contributed by atoms with Gasteiger partial charge in [0.05, 0.1) is 0 Å². The molecule has 0 spiro atoms. The molecule has 5 nitrogen and oxygen atoms in total. The smallest absolute Gasteiger partial charge is 0.137 e. The van der Waals surface area contributed by atoms with Gasteiger partial charge in [0, 0.05) is 35.4 Å². The number of fused-ring (bicyclic) bond motifs is 1. The highest BCUT2D eigenvalue weighted by Gasteiger charge is 2.27. The number of likely N-dealkylation sites (N-methyl/N-ethyl adjacent to an activating group) is 1. The molecule has 3 aromatic heterocycles. The van der Waals surface area contributed by atoms with E-state index in [1.165, 1.54) is 19.3 Å². The molecule has 136 valence electrons. The maximum absolute atomic E-state index is 6.35. The lowest BCUT2D eigenvalue weighted by atomic mass is 9.89. The van der Waals surface area contributed by atoms with Gasteiger partial charge in [0.15, 0.2) is 0 Å². The first-order valence-corrected chi connectivity index (χ1v) is 9.52. The lowest BCUT2D eigenvalue weighted by molar-refractivity contribution is 0.211. The van der Waals surface area contributed by atoms with Crippen LogP contribution in [0.25, 0.3) is 22.2 Å². The first kappa shape index (κ1) is 17.3. The van der Waals surface area contributed by atoms with Crippen molar-refractivity contribution in [3.63, 3.8) is 0 Å². The summed E-state index contributed by atoms with van der Waals surface area (Å²) in [5, 5.41) is 5.23. The van der Waals surface area contributed by atoms with Gasteiger partial charge in [-0.3, -0.25) is 0 Å². The minimum atomic E-state index is 0.391. The van der Waals surface area contributed by atoms with Crippen molar-refractivity contribution in [3.05, 3.63) is 41.8 Å². The molecule has 3 heterocycles. The van der Waals surface area contributed by atoms with Crippen LogP contribution in [0.15, 0.2) is 36.7 Å². The SMILES string of the molecule is CN(C)[C@H]1CCCC[C@H]1Nc1cc(-c2c[nH]c3ncccc23)cc(Cl)n1. The Morgan fingerprint density at radius 3 is 2.92 bits per heavy atom. The summed E-state index contributed by atoms with van der Waals surface area (Å²) in [7, 11) is 4.31. The average Bonchev–Trinajstić information content (AvgIpc) is 3.05. The summed E-state index contributed by atoms with van der Waals surface area (Å²) in [6.07, 6.45) is 8.69. The number of rotatable bonds is 4. The van der Waals surface area contributed by atoms with Gasteiger partial charge in [0.25, 0.3) is 0 Å². The second-order valence-corrected chi connectivity index (χ2v) is 7.62. The van der Waals surface area contributed by atoms with Crippen LogP contribution in [0.2, 0.25) is 5.15 Å². The topological polar surface area (TPSA) is 56.8 Å². The number of nitrogens with one attached hydrogen (secondary N) is 2. The number of halogens is 1. The fraction of sp³-hybridized carbons (Fsp3) is 0.400. The third-order valence-corrected chi connectivity index (χ3v) is 5.48. The molecule has 1 saturated carbocycles. The zero-order chi connectivity index (χ0) is 18.1. The van der Waals surface area contributed by atoms with Crippen LogP contribution in [0, 0.1) is 0 Å². The largest absolute Gasteiger partial charge is 0.366 e. The van der Waals surface area contributed by atoms with Crippen LogP contribution in [0.3, 0.4) is 0 Å². The maximum atomic E-state index is 6.35. The van der Waals surface area contributed by atoms with Crippen molar-refractivity contribution in [1.82, 2.24) is 19.9 Å². The Bertz CT molecular complexity index is 904. The van der Waals surface area contributed by atoms with Crippen molar-refractivity contribution in [2.75, 3.05) is 19.4 Å². The molecule has 2 atom stereocenters. The van der Waals surface area contributed by atoms with Gasteiger partial charge in [0.1, 0.15) is 16.6 Å². The van der Waals surface area contributed by atoms with Crippen LogP contribution in [-0.4, -0.2) is 46.0 Å². The van der Waals surface area contributed by atoms with E-state index in [1.807, 2.05) is 18.3 Å². The zero-order valence-corrected chi connectivity index (χ0v) is 15.9. The third kappa shape index (κ3) is 3.41. The van der Waals surface area contributed by atoms with Crippen molar-refractivity contribution in [2.45, 2.75) is 37.8 Å². The number of nitrogens with zero attached hydrogens (tertiary/aromatic N) is 3. The van der Waals surface area contributed by atoms with Crippen LogP contribution in [-0.2, 0) is 0 Å². The summed E-state index contributed by atoms with van der Waals surface area (Å²) in [6, 6.07) is 8.92. The van der Waals surface area contributed by atoms with E-state index in [0.717, 1.165) is 34.4 Å². The van der Waals surface area contributed by atoms with E-state index in [9.17, 15) is 0 Å². The van der Waals surface area contributed by atoms with Crippen molar-refractivity contribution in [2.24, 2.45) is 0 Å². The van der Waals surface area contributed by atoms with E-state index < -0.39 is 0 Å². The minimum absolute atomic E-state index is 0.391. The predicted octanol–water partition coefficient (Wildman–Crippen LogP) is 4.56. The zero-order valence-electron chi connectivity index (χ0n) is 15.2. The van der Waals surface area contributed by atoms with Crippen LogP contribution in [0.1, 0.15) is 25.7 Å². The monoisotopic (exact) mass is 369 g/mol. The molecule has 6 heteroatoms. The quantitative estimate of drug-likeness (QED) is 0.662. The summed E-state index contributed by atoms with van der Waals surface area (Å²) < 4.78 is 0. The number of hydrogen-bond donors (Lipinski definition) is 2. The first-order chi connectivity index (χ1) is 12.6. The molecule has 0 bridgehead atoms. The molecule has 0 radical (unpaired) electrons. The number of H-pyrrole nitrogens is 1. The van der Waals surface area contributed by atoms with Gasteiger partial charge < -0.3 is 15.2 Å². The fourth-order valence-corrected chi connectivity index (χ4v) is 4.22. The molecule has 3 aromatic rings. The van der Waals surface area contributed by atoms with E-state index in [2.05, 4.69) is 51.4 Å². The second-order valence-electron chi connectivity index (χ2n) is 7.23. The predicted molar refractivity (Wildman–Crippen MR) is 108 cm³/mol. The van der Waals surface area contributed by atoms with Gasteiger partial charge in [-0.25, -0.2) is 9.97 Å². The Morgan fingerprint density at radius 2 is 2.08 bits per heavy atom. The number of aromatic nitrogens is 3. The molecule has 0 aromatic carbocycles. The molecule has 1 aliphatic carbocycles. The lowest BCUT2D eigenvalue weighted by Gasteiger charge is -2.36. The third-order valence-electron chi connectivity index (χ3n) is 5.28. The van der Waals surface area contributed by atoms with E-state index in [-0.39, 0.29) is 0 Å². The molecule has 0 unspecified atom stereocenters. The Labute approximate surface area is 158 Å². The number of pyridine rings is 2. The molecule has 4 rings (SSSR count). The number of aromatic amines is 1. The Balaban J connectivity index is 1.66. The highest BCUT2D eigenvalue weighted by atomic mass is 35.5. The normalized spacial score (nSPS) is 20.6.